The van der Waals surface area contributed by atoms with Crippen LogP contribution in [0.1, 0.15) is 11.1 Å². The maximum atomic E-state index is 9.30. The molecule has 2 heteroatoms. The summed E-state index contributed by atoms with van der Waals surface area (Å²) < 4.78 is 0. The smallest absolute Gasteiger partial charge is 0.0715 e. The summed E-state index contributed by atoms with van der Waals surface area (Å²) in [7, 11) is 0. The number of aryl methyl sites for hydroxylation is 1. The van der Waals surface area contributed by atoms with E-state index in [1.54, 1.807) is 0 Å². The van der Waals surface area contributed by atoms with Crippen LogP contribution in [0.3, 0.4) is 0 Å². The largest absolute Gasteiger partial charge is 0.392 e. The normalized spacial score (nSPS) is 12.9. The molecule has 66 valence electrons. The van der Waals surface area contributed by atoms with Gasteiger partial charge < -0.3 is 5.11 Å². The fraction of sp³-hybridized carbons (Fsp3) is 0.400. The van der Waals surface area contributed by atoms with Crippen molar-refractivity contribution in [3.63, 3.8) is 0 Å². The van der Waals surface area contributed by atoms with Crippen molar-refractivity contribution in [3.05, 3.63) is 35.4 Å². The molecule has 1 atom stereocenters. The molecule has 0 fully saturated rings. The second-order valence-electron chi connectivity index (χ2n) is 2.94. The summed E-state index contributed by atoms with van der Waals surface area (Å²) in [6.07, 6.45) is 0.226. The number of rotatable bonds is 3. The minimum atomic E-state index is -0.423. The van der Waals surface area contributed by atoms with Crippen molar-refractivity contribution < 1.29 is 5.11 Å². The van der Waals surface area contributed by atoms with Crippen LogP contribution in [0.25, 0.3) is 0 Å². The van der Waals surface area contributed by atoms with Gasteiger partial charge >= 0.3 is 0 Å². The zero-order valence-corrected chi connectivity index (χ0v) is 7.88. The van der Waals surface area contributed by atoms with E-state index in [1.165, 1.54) is 11.1 Å². The van der Waals surface area contributed by atoms with Crippen molar-refractivity contribution >= 4 is 11.6 Å². The van der Waals surface area contributed by atoms with Gasteiger partial charge in [-0.05, 0) is 24.5 Å². The third-order valence-electron chi connectivity index (χ3n) is 1.89. The number of alkyl halides is 1. The fourth-order valence-corrected chi connectivity index (χ4v) is 1.26. The molecule has 0 amide bonds. The Balaban J connectivity index is 2.69. The highest BCUT2D eigenvalue weighted by Gasteiger charge is 2.04. The fourth-order valence-electron chi connectivity index (χ4n) is 1.15. The maximum absolute atomic E-state index is 9.30. The minimum absolute atomic E-state index is 0.300. The highest BCUT2D eigenvalue weighted by Crippen LogP contribution is 2.09. The lowest BCUT2D eigenvalue weighted by atomic mass is 10.0. The lowest BCUT2D eigenvalue weighted by Crippen LogP contribution is -2.12. The van der Waals surface area contributed by atoms with Gasteiger partial charge in [-0.1, -0.05) is 24.3 Å². The molecule has 12 heavy (non-hydrogen) atoms. The van der Waals surface area contributed by atoms with Gasteiger partial charge in [0.2, 0.25) is 0 Å². The van der Waals surface area contributed by atoms with Crippen LogP contribution in [0.4, 0.5) is 0 Å². The van der Waals surface area contributed by atoms with Gasteiger partial charge in [0.25, 0.3) is 0 Å². The Hall–Kier alpha value is -0.530. The quantitative estimate of drug-likeness (QED) is 0.714. The van der Waals surface area contributed by atoms with Gasteiger partial charge in [-0.2, -0.15) is 0 Å². The molecule has 1 N–H and O–H groups in total. The average molecular weight is 185 g/mol. The van der Waals surface area contributed by atoms with Crippen molar-refractivity contribution in [3.8, 4) is 0 Å². The van der Waals surface area contributed by atoms with E-state index in [2.05, 4.69) is 0 Å². The van der Waals surface area contributed by atoms with Crippen LogP contribution >= 0.6 is 11.6 Å². The lowest BCUT2D eigenvalue weighted by Gasteiger charge is -2.08. The summed E-state index contributed by atoms with van der Waals surface area (Å²) in [5.41, 5.74) is 2.38. The van der Waals surface area contributed by atoms with Gasteiger partial charge in [-0.3, -0.25) is 0 Å². The molecule has 1 aromatic rings. The van der Waals surface area contributed by atoms with Crippen molar-refractivity contribution in [2.75, 3.05) is 5.88 Å². The van der Waals surface area contributed by atoms with Crippen LogP contribution < -0.4 is 0 Å². The van der Waals surface area contributed by atoms with E-state index < -0.39 is 6.10 Å². The molecule has 1 nitrogen and oxygen atoms in total. The molecule has 0 aromatic heterocycles. The Kier molecular flexibility index (Phi) is 3.57. The molecule has 0 spiro atoms. The van der Waals surface area contributed by atoms with Crippen LogP contribution in [0, 0.1) is 6.92 Å². The summed E-state index contributed by atoms with van der Waals surface area (Å²) in [6, 6.07) is 8.02. The first-order valence-electron chi connectivity index (χ1n) is 4.02. The van der Waals surface area contributed by atoms with Gasteiger partial charge in [0.05, 0.1) is 6.10 Å². The SMILES string of the molecule is Cc1ccccc1CC(O)CCl. The van der Waals surface area contributed by atoms with E-state index in [4.69, 9.17) is 11.6 Å². The highest BCUT2D eigenvalue weighted by molar-refractivity contribution is 6.18. The minimum Gasteiger partial charge on any atom is -0.392 e. The van der Waals surface area contributed by atoms with E-state index in [9.17, 15) is 5.11 Å². The molecule has 0 radical (unpaired) electrons. The highest BCUT2D eigenvalue weighted by atomic mass is 35.5. The van der Waals surface area contributed by atoms with Crippen molar-refractivity contribution in [2.24, 2.45) is 0 Å². The number of hydrogen-bond acceptors (Lipinski definition) is 1. The Bertz CT molecular complexity index is 247. The third-order valence-corrected chi connectivity index (χ3v) is 2.25. The van der Waals surface area contributed by atoms with Gasteiger partial charge in [0.15, 0.2) is 0 Å². The van der Waals surface area contributed by atoms with Gasteiger partial charge in [-0.25, -0.2) is 0 Å². The monoisotopic (exact) mass is 184 g/mol. The standard InChI is InChI=1S/C10H13ClO/c1-8-4-2-3-5-9(8)6-10(12)7-11/h2-5,10,12H,6-7H2,1H3. The first kappa shape index (κ1) is 9.56. The molecule has 1 aromatic carbocycles. The first-order valence-corrected chi connectivity index (χ1v) is 4.56. The Labute approximate surface area is 78.0 Å². The Morgan fingerprint density at radius 1 is 1.42 bits per heavy atom. The van der Waals surface area contributed by atoms with Gasteiger partial charge in [-0.15, -0.1) is 11.6 Å². The molecular formula is C10H13ClO. The van der Waals surface area contributed by atoms with Crippen molar-refractivity contribution in [1.82, 2.24) is 0 Å². The molecule has 0 bridgehead atoms. The molecule has 0 saturated carbocycles. The zero-order valence-electron chi connectivity index (χ0n) is 7.13. The van der Waals surface area contributed by atoms with Crippen LogP contribution in [0.5, 0.6) is 0 Å². The first-order chi connectivity index (χ1) is 5.74. The summed E-state index contributed by atoms with van der Waals surface area (Å²) >= 11 is 5.50. The number of halogens is 1. The average Bonchev–Trinajstić information content (AvgIpc) is 2.09. The molecule has 0 heterocycles. The van der Waals surface area contributed by atoms with Crippen LogP contribution in [-0.4, -0.2) is 17.1 Å². The third kappa shape index (κ3) is 2.50. The predicted octanol–water partition coefficient (Wildman–Crippen LogP) is 2.14. The number of aliphatic hydroxyl groups is 1. The predicted molar refractivity (Wildman–Crippen MR) is 51.6 cm³/mol. The molecule has 0 aliphatic carbocycles. The number of hydrogen-bond donors (Lipinski definition) is 1. The molecule has 1 unspecified atom stereocenters. The molecule has 0 saturated heterocycles. The number of benzene rings is 1. The summed E-state index contributed by atoms with van der Waals surface area (Å²) in [6.45, 7) is 2.04. The summed E-state index contributed by atoms with van der Waals surface area (Å²) in [5, 5.41) is 9.30. The molecule has 1 rings (SSSR count). The van der Waals surface area contributed by atoms with E-state index in [0.717, 1.165) is 0 Å². The van der Waals surface area contributed by atoms with E-state index >= 15 is 0 Å². The van der Waals surface area contributed by atoms with Gasteiger partial charge in [0, 0.05) is 5.88 Å². The van der Waals surface area contributed by atoms with Gasteiger partial charge in [0.1, 0.15) is 0 Å². The second kappa shape index (κ2) is 4.48. The molecule has 0 aliphatic heterocycles. The van der Waals surface area contributed by atoms with Crippen molar-refractivity contribution in [1.29, 1.82) is 0 Å². The summed E-state index contributed by atoms with van der Waals surface area (Å²) in [5.74, 6) is 0.300. The zero-order chi connectivity index (χ0) is 8.97. The second-order valence-corrected chi connectivity index (χ2v) is 3.25. The maximum Gasteiger partial charge on any atom is 0.0715 e. The summed E-state index contributed by atoms with van der Waals surface area (Å²) in [4.78, 5) is 0. The van der Waals surface area contributed by atoms with E-state index in [-0.39, 0.29) is 0 Å². The number of aliphatic hydroxyl groups excluding tert-OH is 1. The molecular weight excluding hydrogens is 172 g/mol. The van der Waals surface area contributed by atoms with E-state index in [1.807, 2.05) is 31.2 Å². The van der Waals surface area contributed by atoms with Crippen LogP contribution in [0.15, 0.2) is 24.3 Å². The topological polar surface area (TPSA) is 20.2 Å². The van der Waals surface area contributed by atoms with E-state index in [0.29, 0.717) is 12.3 Å². The molecule has 0 aliphatic rings. The lowest BCUT2D eigenvalue weighted by molar-refractivity contribution is 0.198. The van der Waals surface area contributed by atoms with Crippen molar-refractivity contribution in [2.45, 2.75) is 19.4 Å². The van der Waals surface area contributed by atoms with Crippen LogP contribution in [0.2, 0.25) is 0 Å². The Morgan fingerprint density at radius 2 is 2.08 bits per heavy atom. The van der Waals surface area contributed by atoms with Crippen LogP contribution in [-0.2, 0) is 6.42 Å². The Morgan fingerprint density at radius 3 is 2.67 bits per heavy atom.